The number of halogens is 1. The lowest BCUT2D eigenvalue weighted by atomic mass is 9.88. The number of carbonyl (C=O) groups is 1. The first kappa shape index (κ1) is 22.2. The van der Waals surface area contributed by atoms with Crippen LogP contribution in [0.25, 0.3) is 11.1 Å². The fourth-order valence-electron chi connectivity index (χ4n) is 4.26. The molecule has 1 unspecified atom stereocenters. The van der Waals surface area contributed by atoms with Gasteiger partial charge in [0.1, 0.15) is 17.4 Å². The standard InChI is InChI=1S/C26H24FN3O3/c1-14-10-20(11-15(2)23(14)33-4)26(29-16(3)24(28)30-26)19-7-5-6-17(12-19)18-8-9-22(27)21(13-18)25(31)32/h5-13H,1-4H3,(H2,28,30)(H,31,32). The zero-order valence-corrected chi connectivity index (χ0v) is 18.8. The van der Waals surface area contributed by atoms with Crippen molar-refractivity contribution in [3.05, 3.63) is 88.2 Å². The van der Waals surface area contributed by atoms with Crippen LogP contribution in [0.2, 0.25) is 0 Å². The van der Waals surface area contributed by atoms with Gasteiger partial charge in [0.15, 0.2) is 0 Å². The molecule has 0 saturated heterocycles. The topological polar surface area (TPSA) is 97.3 Å². The third-order valence-electron chi connectivity index (χ3n) is 5.84. The van der Waals surface area contributed by atoms with Crippen LogP contribution >= 0.6 is 0 Å². The molecular formula is C26H24FN3O3. The van der Waals surface area contributed by atoms with Crippen molar-refractivity contribution < 1.29 is 19.0 Å². The summed E-state index contributed by atoms with van der Waals surface area (Å²) >= 11 is 0. The number of carboxylic acids is 1. The quantitative estimate of drug-likeness (QED) is 0.587. The first-order chi connectivity index (χ1) is 15.7. The average molecular weight is 445 g/mol. The van der Waals surface area contributed by atoms with Crippen LogP contribution in [0.3, 0.4) is 0 Å². The summed E-state index contributed by atoms with van der Waals surface area (Å²) in [5, 5.41) is 9.31. The molecule has 3 N–H and O–H groups in total. The Labute approximate surface area is 191 Å². The van der Waals surface area contributed by atoms with Crippen molar-refractivity contribution in [2.75, 3.05) is 7.11 Å². The van der Waals surface area contributed by atoms with Gasteiger partial charge in [-0.25, -0.2) is 19.2 Å². The van der Waals surface area contributed by atoms with Crippen LogP contribution in [0.1, 0.15) is 39.5 Å². The molecule has 33 heavy (non-hydrogen) atoms. The highest BCUT2D eigenvalue weighted by Crippen LogP contribution is 2.42. The average Bonchev–Trinajstić information content (AvgIpc) is 3.09. The Bertz CT molecular complexity index is 1300. The molecule has 0 fully saturated rings. The van der Waals surface area contributed by atoms with Gasteiger partial charge in [-0.1, -0.05) is 24.3 Å². The maximum Gasteiger partial charge on any atom is 0.338 e. The number of rotatable bonds is 5. The number of methoxy groups -OCH3 is 1. The normalized spacial score (nSPS) is 17.5. The summed E-state index contributed by atoms with van der Waals surface area (Å²) in [4.78, 5) is 21.0. The molecule has 1 heterocycles. The van der Waals surface area contributed by atoms with Crippen molar-refractivity contribution in [3.8, 4) is 16.9 Å². The van der Waals surface area contributed by atoms with Gasteiger partial charge >= 0.3 is 5.97 Å². The molecule has 0 bridgehead atoms. The predicted molar refractivity (Wildman–Crippen MR) is 127 cm³/mol. The van der Waals surface area contributed by atoms with Gasteiger partial charge in [-0.3, -0.25) is 0 Å². The lowest BCUT2D eigenvalue weighted by molar-refractivity contribution is 0.0692. The molecule has 1 atom stereocenters. The molecule has 3 aromatic carbocycles. The van der Waals surface area contributed by atoms with E-state index in [1.165, 1.54) is 6.07 Å². The van der Waals surface area contributed by atoms with Gasteiger partial charge in [-0.05, 0) is 73.4 Å². The fourth-order valence-corrected chi connectivity index (χ4v) is 4.26. The Hall–Kier alpha value is -4.00. The number of carboxylic acid groups (broad SMARTS) is 1. The Balaban J connectivity index is 1.92. The predicted octanol–water partition coefficient (Wildman–Crippen LogP) is 4.85. The van der Waals surface area contributed by atoms with Crippen molar-refractivity contribution in [3.63, 3.8) is 0 Å². The molecule has 1 aliphatic heterocycles. The Morgan fingerprint density at radius 2 is 1.64 bits per heavy atom. The Morgan fingerprint density at radius 1 is 0.970 bits per heavy atom. The second-order valence-corrected chi connectivity index (χ2v) is 8.09. The van der Waals surface area contributed by atoms with Gasteiger partial charge in [0.05, 0.1) is 18.4 Å². The second-order valence-electron chi connectivity index (χ2n) is 8.09. The van der Waals surface area contributed by atoms with E-state index in [0.717, 1.165) is 34.1 Å². The Kier molecular flexibility index (Phi) is 5.49. The fraction of sp³-hybridized carbons (Fsp3) is 0.192. The van der Waals surface area contributed by atoms with E-state index in [9.17, 15) is 14.3 Å². The minimum absolute atomic E-state index is 0.349. The number of nitrogens with zero attached hydrogens (tertiary/aromatic N) is 2. The highest BCUT2D eigenvalue weighted by molar-refractivity contribution is 6.41. The number of aryl methyl sites for hydroxylation is 2. The summed E-state index contributed by atoms with van der Waals surface area (Å²) in [6.07, 6.45) is 0. The maximum absolute atomic E-state index is 13.9. The molecule has 0 aromatic heterocycles. The number of hydrogen-bond acceptors (Lipinski definition) is 5. The zero-order chi connectivity index (χ0) is 23.9. The molecule has 0 amide bonds. The van der Waals surface area contributed by atoms with E-state index in [2.05, 4.69) is 0 Å². The zero-order valence-electron chi connectivity index (χ0n) is 18.8. The molecular weight excluding hydrogens is 421 g/mol. The molecule has 0 spiro atoms. The number of amidine groups is 1. The van der Waals surface area contributed by atoms with Gasteiger partial charge < -0.3 is 15.6 Å². The SMILES string of the molecule is COc1c(C)cc(C2(c3cccc(-c4ccc(F)c(C(=O)O)c4)c3)N=C(C)C(N)=N2)cc1C. The van der Waals surface area contributed by atoms with E-state index in [1.807, 2.05) is 57.2 Å². The first-order valence-electron chi connectivity index (χ1n) is 10.4. The molecule has 6 nitrogen and oxygen atoms in total. The van der Waals surface area contributed by atoms with E-state index in [1.54, 1.807) is 13.2 Å². The van der Waals surface area contributed by atoms with Gasteiger partial charge in [-0.15, -0.1) is 0 Å². The summed E-state index contributed by atoms with van der Waals surface area (Å²) in [5.41, 5.74) is 10.1. The van der Waals surface area contributed by atoms with E-state index >= 15 is 0 Å². The lowest BCUT2D eigenvalue weighted by Gasteiger charge is -2.26. The number of benzene rings is 3. The number of aromatic carboxylic acids is 1. The van der Waals surface area contributed by atoms with Crippen LogP contribution < -0.4 is 10.5 Å². The summed E-state index contributed by atoms with van der Waals surface area (Å²) in [6, 6.07) is 15.5. The number of nitrogens with two attached hydrogens (primary N) is 1. The summed E-state index contributed by atoms with van der Waals surface area (Å²) in [6.45, 7) is 5.74. The van der Waals surface area contributed by atoms with Gasteiger partial charge in [0, 0.05) is 11.1 Å². The van der Waals surface area contributed by atoms with Crippen LogP contribution in [0.5, 0.6) is 5.75 Å². The molecule has 168 valence electrons. The van der Waals surface area contributed by atoms with E-state index in [4.69, 9.17) is 20.5 Å². The summed E-state index contributed by atoms with van der Waals surface area (Å²) in [5.74, 6) is -0.955. The lowest BCUT2D eigenvalue weighted by Crippen LogP contribution is -2.23. The number of hydrogen-bond donors (Lipinski definition) is 2. The minimum Gasteiger partial charge on any atom is -0.496 e. The third-order valence-corrected chi connectivity index (χ3v) is 5.84. The molecule has 7 heteroatoms. The molecule has 1 aliphatic rings. The smallest absolute Gasteiger partial charge is 0.338 e. The molecule has 0 radical (unpaired) electrons. The number of ether oxygens (including phenoxy) is 1. The highest BCUT2D eigenvalue weighted by Gasteiger charge is 2.39. The largest absolute Gasteiger partial charge is 0.496 e. The van der Waals surface area contributed by atoms with Crippen molar-refractivity contribution in [1.29, 1.82) is 0 Å². The summed E-state index contributed by atoms with van der Waals surface area (Å²) < 4.78 is 19.4. The van der Waals surface area contributed by atoms with Crippen molar-refractivity contribution in [2.24, 2.45) is 15.7 Å². The molecule has 0 saturated carbocycles. The minimum atomic E-state index is -1.32. The van der Waals surface area contributed by atoms with Crippen molar-refractivity contribution in [1.82, 2.24) is 0 Å². The van der Waals surface area contributed by atoms with Crippen LogP contribution in [-0.4, -0.2) is 29.7 Å². The third kappa shape index (κ3) is 3.75. The first-order valence-corrected chi connectivity index (χ1v) is 10.4. The van der Waals surface area contributed by atoms with E-state index < -0.39 is 17.4 Å². The molecule has 0 aliphatic carbocycles. The van der Waals surface area contributed by atoms with Crippen LogP contribution in [0, 0.1) is 19.7 Å². The second kappa shape index (κ2) is 8.16. The number of aliphatic imine (C=N–C) groups is 2. The van der Waals surface area contributed by atoms with Crippen LogP contribution in [-0.2, 0) is 5.66 Å². The van der Waals surface area contributed by atoms with Crippen LogP contribution in [0.15, 0.2) is 64.6 Å². The maximum atomic E-state index is 13.9. The highest BCUT2D eigenvalue weighted by atomic mass is 19.1. The van der Waals surface area contributed by atoms with E-state index in [0.29, 0.717) is 22.7 Å². The van der Waals surface area contributed by atoms with Gasteiger partial charge in [0.2, 0.25) is 5.66 Å². The Morgan fingerprint density at radius 3 is 2.21 bits per heavy atom. The van der Waals surface area contributed by atoms with Crippen molar-refractivity contribution in [2.45, 2.75) is 26.4 Å². The monoisotopic (exact) mass is 445 g/mol. The summed E-state index contributed by atoms with van der Waals surface area (Å²) in [7, 11) is 1.64. The van der Waals surface area contributed by atoms with Gasteiger partial charge in [0.25, 0.3) is 0 Å². The van der Waals surface area contributed by atoms with E-state index in [-0.39, 0.29) is 5.56 Å². The van der Waals surface area contributed by atoms with Crippen LogP contribution in [0.4, 0.5) is 4.39 Å². The molecule has 4 rings (SSSR count). The molecule has 3 aromatic rings. The van der Waals surface area contributed by atoms with Gasteiger partial charge in [-0.2, -0.15) is 0 Å². The van der Waals surface area contributed by atoms with Crippen molar-refractivity contribution >= 4 is 17.5 Å².